The molecule has 0 spiro atoms. The molecule has 2 nitrogen and oxygen atoms in total. The molecule has 0 heterocycles. The van der Waals surface area contributed by atoms with Crippen molar-refractivity contribution in [3.63, 3.8) is 0 Å². The van der Waals surface area contributed by atoms with Gasteiger partial charge in [0.15, 0.2) is 7.14 Å². The van der Waals surface area contributed by atoms with Crippen LogP contribution in [0.5, 0.6) is 11.5 Å². The molecular weight excluding hydrogens is 583 g/mol. The Morgan fingerprint density at radius 2 is 0.833 bits per heavy atom. The summed E-state index contributed by atoms with van der Waals surface area (Å²) < 4.78 is 53.4. The standard InChI is InChI=1S/C28H42IO2.CF4/c1-3-5-7-9-11-13-23-30-27-19-15-25(16-20-27)29-26-17-21-28(22-18-26)31-24-14-12-10-8-6-4-2;2-1(3,4)5/h15-22H,3-14,23-24H2,1-2H3;/q+1;. The van der Waals surface area contributed by atoms with Crippen molar-refractivity contribution in [1.82, 2.24) is 0 Å². The minimum Gasteiger partial charge on any atom is -0.494 e. The van der Waals surface area contributed by atoms with Gasteiger partial charge < -0.3 is 9.47 Å². The molecule has 0 atom stereocenters. The Balaban J connectivity index is 0.00000118. The Kier molecular flexibility index (Phi) is 18.6. The average Bonchev–Trinajstić information content (AvgIpc) is 2.84. The fourth-order valence-electron chi connectivity index (χ4n) is 3.46. The van der Waals surface area contributed by atoms with Crippen LogP contribution in [0, 0.1) is 7.14 Å². The van der Waals surface area contributed by atoms with Gasteiger partial charge in [-0.2, -0.15) is 0 Å². The summed E-state index contributed by atoms with van der Waals surface area (Å²) in [6.07, 6.45) is 10.1. The van der Waals surface area contributed by atoms with Crippen molar-refractivity contribution in [2.75, 3.05) is 13.2 Å². The molecule has 0 amide bonds. The monoisotopic (exact) mass is 625 g/mol. The number of ether oxygens (including phenoxy) is 2. The molecule has 0 fully saturated rings. The first-order valence-electron chi connectivity index (χ1n) is 13.2. The van der Waals surface area contributed by atoms with Crippen LogP contribution >= 0.6 is 0 Å². The summed E-state index contributed by atoms with van der Waals surface area (Å²) in [5.74, 6) is 2.00. The molecule has 204 valence electrons. The van der Waals surface area contributed by atoms with Gasteiger partial charge in [0, 0.05) is 0 Å². The maximum absolute atomic E-state index is 9.69. The fourth-order valence-corrected chi connectivity index (χ4v) is 5.62. The number of alkyl halides is 4. The summed E-state index contributed by atoms with van der Waals surface area (Å²) in [7, 11) is 0. The number of benzene rings is 2. The van der Waals surface area contributed by atoms with Gasteiger partial charge >= 0.3 is 27.6 Å². The van der Waals surface area contributed by atoms with Gasteiger partial charge in [-0.1, -0.05) is 78.1 Å². The van der Waals surface area contributed by atoms with Crippen LogP contribution in [0.1, 0.15) is 90.9 Å². The molecule has 0 aliphatic heterocycles. The van der Waals surface area contributed by atoms with Crippen LogP contribution in [0.2, 0.25) is 0 Å². The lowest BCUT2D eigenvalue weighted by Gasteiger charge is -2.06. The normalized spacial score (nSPS) is 11.1. The smallest absolute Gasteiger partial charge is 0.494 e. The van der Waals surface area contributed by atoms with Gasteiger partial charge in [-0.15, -0.1) is 17.6 Å². The highest BCUT2D eigenvalue weighted by Gasteiger charge is 2.24. The molecule has 0 aliphatic carbocycles. The van der Waals surface area contributed by atoms with Gasteiger partial charge in [0.1, 0.15) is 11.5 Å². The quantitative estimate of drug-likeness (QED) is 0.104. The van der Waals surface area contributed by atoms with Crippen molar-refractivity contribution in [2.45, 2.75) is 97.3 Å². The molecule has 7 heteroatoms. The summed E-state index contributed by atoms with van der Waals surface area (Å²) >= 11 is -0.160. The van der Waals surface area contributed by atoms with Crippen molar-refractivity contribution in [3.8, 4) is 11.5 Å². The SMILES string of the molecule is CCCCCCCCOc1ccc([I+]c2ccc(OCCCCCCCC)cc2)cc1.FC(F)(F)F. The van der Waals surface area contributed by atoms with Crippen LogP contribution in [0.25, 0.3) is 0 Å². The topological polar surface area (TPSA) is 18.5 Å². The maximum atomic E-state index is 9.69. The largest absolute Gasteiger partial charge is 0.559 e. The molecule has 0 radical (unpaired) electrons. The van der Waals surface area contributed by atoms with E-state index in [-0.39, 0.29) is 21.2 Å². The zero-order chi connectivity index (χ0) is 26.5. The minimum absolute atomic E-state index is 0.160. The Morgan fingerprint density at radius 3 is 1.17 bits per heavy atom. The number of unbranched alkanes of at least 4 members (excludes halogenated alkanes) is 10. The van der Waals surface area contributed by atoms with E-state index >= 15 is 0 Å². The number of hydrogen-bond acceptors (Lipinski definition) is 2. The molecule has 0 aromatic heterocycles. The highest BCUT2D eigenvalue weighted by Crippen LogP contribution is 2.14. The van der Waals surface area contributed by atoms with Gasteiger partial charge in [-0.25, -0.2) is 0 Å². The molecule has 2 aromatic carbocycles. The van der Waals surface area contributed by atoms with Gasteiger partial charge in [-0.05, 0) is 61.4 Å². The maximum Gasteiger partial charge on any atom is 0.559 e. The van der Waals surface area contributed by atoms with Crippen molar-refractivity contribution < 1.29 is 48.2 Å². The third kappa shape index (κ3) is 19.7. The van der Waals surface area contributed by atoms with Crippen LogP contribution in [0.4, 0.5) is 17.6 Å². The lowest BCUT2D eigenvalue weighted by atomic mass is 10.1. The Morgan fingerprint density at radius 1 is 0.528 bits per heavy atom. The van der Waals surface area contributed by atoms with E-state index in [9.17, 15) is 17.6 Å². The van der Waals surface area contributed by atoms with Gasteiger partial charge in [0.25, 0.3) is 0 Å². The summed E-state index contributed by atoms with van der Waals surface area (Å²) in [5.41, 5.74) is 0. The Labute approximate surface area is 225 Å². The van der Waals surface area contributed by atoms with Gasteiger partial charge in [-0.3, -0.25) is 0 Å². The molecule has 0 N–H and O–H groups in total. The van der Waals surface area contributed by atoms with E-state index in [1.54, 1.807) is 0 Å². The highest BCUT2D eigenvalue weighted by molar-refractivity contribution is 5.22. The van der Waals surface area contributed by atoms with E-state index in [4.69, 9.17) is 9.47 Å². The summed E-state index contributed by atoms with van der Waals surface area (Å²) in [6, 6.07) is 17.4. The van der Waals surface area contributed by atoms with Crippen molar-refractivity contribution in [2.24, 2.45) is 0 Å². The molecule has 2 rings (SSSR count). The van der Waals surface area contributed by atoms with Crippen molar-refractivity contribution in [3.05, 3.63) is 55.7 Å². The summed E-state index contributed by atoms with van der Waals surface area (Å²) in [4.78, 5) is 0. The Bertz CT molecular complexity index is 699. The Hall–Kier alpha value is -1.51. The third-order valence-corrected chi connectivity index (χ3v) is 8.06. The van der Waals surface area contributed by atoms with E-state index in [1.165, 1.54) is 71.3 Å². The number of hydrogen-bond donors (Lipinski definition) is 0. The zero-order valence-electron chi connectivity index (χ0n) is 21.7. The van der Waals surface area contributed by atoms with Crippen LogP contribution in [-0.4, -0.2) is 19.6 Å². The van der Waals surface area contributed by atoms with Crippen molar-refractivity contribution >= 4 is 0 Å². The lowest BCUT2D eigenvalue weighted by molar-refractivity contribution is -0.597. The average molecular weight is 626 g/mol. The zero-order valence-corrected chi connectivity index (χ0v) is 23.9. The van der Waals surface area contributed by atoms with E-state index < -0.39 is 6.43 Å². The van der Waals surface area contributed by atoms with E-state index in [1.807, 2.05) is 0 Å². The first kappa shape index (κ1) is 32.5. The molecule has 0 aliphatic rings. The van der Waals surface area contributed by atoms with Gasteiger partial charge in [0.2, 0.25) is 0 Å². The molecule has 2 aromatic rings. The molecule has 0 saturated carbocycles. The molecule has 36 heavy (non-hydrogen) atoms. The van der Waals surface area contributed by atoms with Crippen molar-refractivity contribution in [1.29, 1.82) is 0 Å². The van der Waals surface area contributed by atoms with Gasteiger partial charge in [0.05, 0.1) is 13.2 Å². The van der Waals surface area contributed by atoms with Crippen LogP contribution in [-0.2, 0) is 0 Å². The van der Waals surface area contributed by atoms with Crippen LogP contribution in [0.15, 0.2) is 48.5 Å². The van der Waals surface area contributed by atoms with E-state index in [2.05, 4.69) is 62.4 Å². The number of rotatable bonds is 18. The predicted molar refractivity (Wildman–Crippen MR) is 135 cm³/mol. The lowest BCUT2D eigenvalue weighted by Crippen LogP contribution is -3.61. The second-order valence-electron chi connectivity index (χ2n) is 8.66. The van der Waals surface area contributed by atoms with Crippen LogP contribution in [0.3, 0.4) is 0 Å². The first-order valence-corrected chi connectivity index (χ1v) is 15.3. The molecule has 0 bridgehead atoms. The second kappa shape index (κ2) is 20.5. The molecular formula is C29H42F4IO2+. The highest BCUT2D eigenvalue weighted by atomic mass is 127. The predicted octanol–water partition coefficient (Wildman–Crippen LogP) is 6.77. The number of halogens is 5. The summed E-state index contributed by atoms with van der Waals surface area (Å²) in [5, 5.41) is 0. The van der Waals surface area contributed by atoms with Crippen LogP contribution < -0.4 is 30.7 Å². The van der Waals surface area contributed by atoms with E-state index in [0.29, 0.717) is 0 Å². The third-order valence-electron chi connectivity index (χ3n) is 5.38. The summed E-state index contributed by atoms with van der Waals surface area (Å²) in [6.45, 7) is 6.19. The molecule has 0 unspecified atom stereocenters. The van der Waals surface area contributed by atoms with E-state index in [0.717, 1.165) is 37.6 Å². The molecule has 0 saturated heterocycles. The first-order chi connectivity index (χ1) is 17.3. The second-order valence-corrected chi connectivity index (χ2v) is 11.7. The minimum atomic E-state index is -5.50. The fraction of sp³-hybridized carbons (Fsp3) is 0.586.